The molecule has 1 aliphatic rings. The van der Waals surface area contributed by atoms with Crippen molar-refractivity contribution in [1.82, 2.24) is 4.90 Å². The van der Waals surface area contributed by atoms with Crippen LogP contribution in [0, 0.1) is 0 Å². The Hall–Kier alpha value is -2.79. The maximum atomic E-state index is 13.0. The Morgan fingerprint density at radius 3 is 2.17 bits per heavy atom. The molecule has 0 saturated carbocycles. The van der Waals surface area contributed by atoms with Gasteiger partial charge in [-0.25, -0.2) is 4.99 Å². The normalized spacial score (nSPS) is 19.5. The van der Waals surface area contributed by atoms with Gasteiger partial charge in [-0.2, -0.15) is 21.6 Å². The van der Waals surface area contributed by atoms with E-state index in [0.29, 0.717) is 5.56 Å². The number of guanidine groups is 1. The van der Waals surface area contributed by atoms with Crippen molar-refractivity contribution in [1.29, 1.82) is 0 Å². The van der Waals surface area contributed by atoms with Crippen molar-refractivity contribution in [3.8, 4) is 5.75 Å². The molecule has 0 bridgehead atoms. The molecule has 1 heterocycles. The number of carbonyl (C=O) groups excluding carboxylic acids is 1. The Morgan fingerprint density at radius 2 is 1.66 bits per heavy atom. The lowest BCUT2D eigenvalue weighted by atomic mass is 9.83. The maximum absolute atomic E-state index is 13.0. The van der Waals surface area contributed by atoms with Crippen LogP contribution in [0.3, 0.4) is 0 Å². The summed E-state index contributed by atoms with van der Waals surface area (Å²) in [4.78, 5) is 18.3. The van der Waals surface area contributed by atoms with E-state index in [1.165, 1.54) is 19.2 Å². The lowest BCUT2D eigenvalue weighted by Gasteiger charge is -2.26. The number of hydrogen-bond donors (Lipinski definition) is 1. The predicted octanol–water partition coefficient (Wildman–Crippen LogP) is 2.37. The van der Waals surface area contributed by atoms with Gasteiger partial charge in [0, 0.05) is 7.05 Å². The molecule has 29 heavy (non-hydrogen) atoms. The SMILES string of the molecule is CN1C(=O)C(c2ccccc2)(c2cccc(OS(=O)(=O)C(F)(F)F)c2)N=C1N.Cl. The fourth-order valence-corrected chi connectivity index (χ4v) is 3.26. The molecule has 2 aromatic rings. The van der Waals surface area contributed by atoms with E-state index in [1.807, 2.05) is 0 Å². The first-order chi connectivity index (χ1) is 13.0. The number of carbonyl (C=O) groups is 1. The Balaban J connectivity index is 0.00000300. The largest absolute Gasteiger partial charge is 0.534 e. The number of benzene rings is 2. The second-order valence-corrected chi connectivity index (χ2v) is 7.46. The van der Waals surface area contributed by atoms with Crippen LogP contribution in [0.4, 0.5) is 13.2 Å². The molecule has 3 rings (SSSR count). The summed E-state index contributed by atoms with van der Waals surface area (Å²) < 4.78 is 64.6. The number of nitrogens with two attached hydrogens (primary N) is 1. The molecule has 0 fully saturated rings. The molecule has 12 heteroatoms. The van der Waals surface area contributed by atoms with Gasteiger partial charge in [0.2, 0.25) is 0 Å². The lowest BCUT2D eigenvalue weighted by molar-refractivity contribution is -0.129. The molecule has 0 radical (unpaired) electrons. The molecule has 1 atom stereocenters. The molecule has 7 nitrogen and oxygen atoms in total. The summed E-state index contributed by atoms with van der Waals surface area (Å²) in [5.41, 5.74) is -0.967. The fraction of sp³-hybridized carbons (Fsp3) is 0.176. The monoisotopic (exact) mass is 449 g/mol. The average molecular weight is 450 g/mol. The molecule has 1 unspecified atom stereocenters. The quantitative estimate of drug-likeness (QED) is 0.570. The highest BCUT2D eigenvalue weighted by atomic mass is 35.5. The number of alkyl halides is 3. The van der Waals surface area contributed by atoms with E-state index < -0.39 is 32.8 Å². The van der Waals surface area contributed by atoms with Gasteiger partial charge < -0.3 is 9.92 Å². The van der Waals surface area contributed by atoms with Gasteiger partial charge in [-0.3, -0.25) is 9.69 Å². The minimum atomic E-state index is -5.87. The van der Waals surface area contributed by atoms with E-state index in [-0.39, 0.29) is 23.9 Å². The van der Waals surface area contributed by atoms with Crippen LogP contribution in [0.25, 0.3) is 0 Å². The second-order valence-electron chi connectivity index (χ2n) is 5.92. The van der Waals surface area contributed by atoms with Gasteiger partial charge in [-0.15, -0.1) is 12.4 Å². The molecule has 2 N–H and O–H groups in total. The average Bonchev–Trinajstić information content (AvgIpc) is 2.86. The van der Waals surface area contributed by atoms with Crippen molar-refractivity contribution in [2.24, 2.45) is 10.7 Å². The smallest absolute Gasteiger partial charge is 0.376 e. The molecule has 0 spiro atoms. The zero-order chi connectivity index (χ0) is 20.7. The first kappa shape index (κ1) is 22.5. The molecule has 0 aliphatic carbocycles. The Kier molecular flexibility index (Phi) is 5.87. The van der Waals surface area contributed by atoms with Gasteiger partial charge in [0.05, 0.1) is 0 Å². The highest BCUT2D eigenvalue weighted by Crippen LogP contribution is 2.40. The molecular formula is C17H15ClF3N3O4S. The number of nitrogens with zero attached hydrogens (tertiary/aromatic N) is 2. The Bertz CT molecular complexity index is 1060. The molecule has 1 amide bonds. The van der Waals surface area contributed by atoms with Gasteiger partial charge >= 0.3 is 15.6 Å². The minimum absolute atomic E-state index is 0. The van der Waals surface area contributed by atoms with Crippen molar-refractivity contribution in [2.75, 3.05) is 7.05 Å². The highest BCUT2D eigenvalue weighted by molar-refractivity contribution is 7.88. The van der Waals surface area contributed by atoms with Crippen LogP contribution in [0.5, 0.6) is 5.75 Å². The summed E-state index contributed by atoms with van der Waals surface area (Å²) in [6, 6.07) is 13.0. The number of rotatable bonds is 4. The van der Waals surface area contributed by atoms with Crippen LogP contribution < -0.4 is 9.92 Å². The lowest BCUT2D eigenvalue weighted by Crippen LogP contribution is -2.41. The van der Waals surface area contributed by atoms with Crippen LogP contribution in [-0.4, -0.2) is 37.7 Å². The summed E-state index contributed by atoms with van der Waals surface area (Å²) in [7, 11) is -4.46. The first-order valence-corrected chi connectivity index (χ1v) is 9.20. The Morgan fingerprint density at radius 1 is 1.07 bits per heavy atom. The zero-order valence-electron chi connectivity index (χ0n) is 14.8. The standard InChI is InChI=1S/C17H14F3N3O4S.ClH/c1-23-14(24)16(22-15(23)21,11-6-3-2-4-7-11)12-8-5-9-13(10-12)27-28(25,26)17(18,19)20;/h2-10H,1H3,(H2,21,22);1H. The van der Waals surface area contributed by atoms with Crippen LogP contribution >= 0.6 is 12.4 Å². The molecular weight excluding hydrogens is 435 g/mol. The van der Waals surface area contributed by atoms with Gasteiger partial charge in [-0.1, -0.05) is 42.5 Å². The summed E-state index contributed by atoms with van der Waals surface area (Å²) in [5, 5.41) is 0. The van der Waals surface area contributed by atoms with E-state index in [1.54, 1.807) is 30.3 Å². The first-order valence-electron chi connectivity index (χ1n) is 7.79. The van der Waals surface area contributed by atoms with Crippen molar-refractivity contribution >= 4 is 34.4 Å². The fourth-order valence-electron chi connectivity index (χ4n) is 2.81. The number of halogens is 4. The molecule has 1 aliphatic heterocycles. The van der Waals surface area contributed by atoms with Crippen LogP contribution in [0.15, 0.2) is 59.6 Å². The van der Waals surface area contributed by atoms with Crippen molar-refractivity contribution in [2.45, 2.75) is 11.0 Å². The van der Waals surface area contributed by atoms with Crippen LogP contribution in [0.1, 0.15) is 11.1 Å². The van der Waals surface area contributed by atoms with E-state index >= 15 is 0 Å². The van der Waals surface area contributed by atoms with Crippen LogP contribution in [-0.2, 0) is 20.5 Å². The Labute approximate surface area is 170 Å². The molecule has 2 aromatic carbocycles. The van der Waals surface area contributed by atoms with E-state index in [0.717, 1.165) is 17.0 Å². The number of hydrogen-bond acceptors (Lipinski definition) is 6. The van der Waals surface area contributed by atoms with Crippen molar-refractivity contribution in [3.05, 3.63) is 65.7 Å². The molecule has 0 aromatic heterocycles. The summed E-state index contributed by atoms with van der Waals surface area (Å²) in [6.07, 6.45) is 0. The zero-order valence-corrected chi connectivity index (χ0v) is 16.4. The van der Waals surface area contributed by atoms with Gasteiger partial charge in [0.1, 0.15) is 5.75 Å². The minimum Gasteiger partial charge on any atom is -0.376 e. The van der Waals surface area contributed by atoms with E-state index in [9.17, 15) is 26.4 Å². The third-order valence-electron chi connectivity index (χ3n) is 4.17. The van der Waals surface area contributed by atoms with Crippen molar-refractivity contribution in [3.63, 3.8) is 0 Å². The highest BCUT2D eigenvalue weighted by Gasteiger charge is 2.51. The molecule has 0 saturated heterocycles. The van der Waals surface area contributed by atoms with Crippen LogP contribution in [0.2, 0.25) is 0 Å². The summed E-state index contributed by atoms with van der Waals surface area (Å²) in [5.74, 6) is -1.25. The van der Waals surface area contributed by atoms with Gasteiger partial charge in [0.25, 0.3) is 5.91 Å². The molecule has 156 valence electrons. The predicted molar refractivity (Wildman–Crippen MR) is 101 cm³/mol. The summed E-state index contributed by atoms with van der Waals surface area (Å²) >= 11 is 0. The van der Waals surface area contributed by atoms with Gasteiger partial charge in [-0.05, 0) is 23.3 Å². The number of likely N-dealkylation sites (N-methyl/N-ethyl adjacent to an activating group) is 1. The topological polar surface area (TPSA) is 102 Å². The summed E-state index contributed by atoms with van der Waals surface area (Å²) in [6.45, 7) is 0. The van der Waals surface area contributed by atoms with Gasteiger partial charge in [0.15, 0.2) is 11.5 Å². The number of aliphatic imine (C=N–C) groups is 1. The maximum Gasteiger partial charge on any atom is 0.534 e. The van der Waals surface area contributed by atoms with E-state index in [2.05, 4.69) is 9.18 Å². The van der Waals surface area contributed by atoms with Crippen molar-refractivity contribution < 1.29 is 30.6 Å². The third kappa shape index (κ3) is 3.75. The number of amides is 1. The van der Waals surface area contributed by atoms with E-state index in [4.69, 9.17) is 5.73 Å². The third-order valence-corrected chi connectivity index (χ3v) is 5.15. The second kappa shape index (κ2) is 7.56.